The summed E-state index contributed by atoms with van der Waals surface area (Å²) in [6, 6.07) is 0. The lowest BCUT2D eigenvalue weighted by Crippen LogP contribution is -2.25. The molecule has 1 saturated heterocycles. The molecule has 0 aromatic carbocycles. The minimum atomic E-state index is -2.90. The minimum absolute atomic E-state index is 0.0745. The van der Waals surface area contributed by atoms with E-state index in [2.05, 4.69) is 0 Å². The van der Waals surface area contributed by atoms with Crippen LogP contribution in [0, 0.1) is 0 Å². The van der Waals surface area contributed by atoms with Crippen molar-refractivity contribution in [1.29, 1.82) is 0 Å². The summed E-state index contributed by atoms with van der Waals surface area (Å²) < 4.78 is 26.9. The molecule has 0 bridgehead atoms. The van der Waals surface area contributed by atoms with Gasteiger partial charge in [0.2, 0.25) is 0 Å². The molecule has 1 rings (SSSR count). The predicted molar refractivity (Wildman–Crippen MR) is 53.9 cm³/mol. The molecule has 1 aliphatic heterocycles. The fourth-order valence-electron chi connectivity index (χ4n) is 1.65. The van der Waals surface area contributed by atoms with Crippen LogP contribution in [0.5, 0.6) is 0 Å². The topological polar surface area (TPSA) is 63.6 Å². The van der Waals surface area contributed by atoms with E-state index in [1.165, 1.54) is 6.26 Å². The van der Waals surface area contributed by atoms with Crippen molar-refractivity contribution in [3.8, 4) is 0 Å². The van der Waals surface area contributed by atoms with E-state index in [9.17, 15) is 13.5 Å². The van der Waals surface area contributed by atoms with Crippen molar-refractivity contribution in [2.24, 2.45) is 0 Å². The third kappa shape index (κ3) is 4.39. The van der Waals surface area contributed by atoms with E-state index in [-0.39, 0.29) is 11.9 Å². The van der Waals surface area contributed by atoms with Crippen molar-refractivity contribution in [3.05, 3.63) is 0 Å². The van der Waals surface area contributed by atoms with Crippen LogP contribution in [0.3, 0.4) is 0 Å². The lowest BCUT2D eigenvalue weighted by atomic mass is 10.1. The molecule has 1 N–H and O–H groups in total. The molecule has 0 radical (unpaired) electrons. The number of hydrogen-bond acceptors (Lipinski definition) is 4. The van der Waals surface area contributed by atoms with Crippen molar-refractivity contribution in [1.82, 2.24) is 0 Å². The molecule has 0 aromatic heterocycles. The molecule has 84 valence electrons. The van der Waals surface area contributed by atoms with Crippen LogP contribution in [0.15, 0.2) is 0 Å². The van der Waals surface area contributed by atoms with Crippen LogP contribution in [0.1, 0.15) is 25.7 Å². The van der Waals surface area contributed by atoms with Crippen LogP contribution in [-0.2, 0) is 14.6 Å². The average molecular weight is 222 g/mol. The van der Waals surface area contributed by atoms with E-state index in [0.717, 1.165) is 12.8 Å². The summed E-state index contributed by atoms with van der Waals surface area (Å²) in [5.41, 5.74) is 0. The van der Waals surface area contributed by atoms with Gasteiger partial charge in [-0.25, -0.2) is 8.42 Å². The summed E-state index contributed by atoms with van der Waals surface area (Å²) >= 11 is 0. The molecule has 0 aliphatic carbocycles. The zero-order valence-corrected chi connectivity index (χ0v) is 9.29. The SMILES string of the molecule is CS(=O)(=O)CCCC(O)C1CCCO1. The quantitative estimate of drug-likeness (QED) is 0.729. The Morgan fingerprint density at radius 2 is 2.29 bits per heavy atom. The van der Waals surface area contributed by atoms with Gasteiger partial charge in [0.1, 0.15) is 9.84 Å². The Morgan fingerprint density at radius 3 is 2.79 bits per heavy atom. The summed E-state index contributed by atoms with van der Waals surface area (Å²) in [4.78, 5) is 0. The molecular weight excluding hydrogens is 204 g/mol. The number of ether oxygens (including phenoxy) is 1. The first-order chi connectivity index (χ1) is 6.49. The zero-order valence-electron chi connectivity index (χ0n) is 8.48. The number of rotatable bonds is 5. The summed E-state index contributed by atoms with van der Waals surface area (Å²) in [5.74, 6) is 0.150. The molecular formula is C9H18O4S. The van der Waals surface area contributed by atoms with E-state index in [1.807, 2.05) is 0 Å². The number of sulfone groups is 1. The Hall–Kier alpha value is -0.130. The Bertz CT molecular complexity index is 254. The molecule has 5 heteroatoms. The highest BCUT2D eigenvalue weighted by atomic mass is 32.2. The fraction of sp³-hybridized carbons (Fsp3) is 1.00. The highest BCUT2D eigenvalue weighted by Gasteiger charge is 2.23. The van der Waals surface area contributed by atoms with E-state index >= 15 is 0 Å². The van der Waals surface area contributed by atoms with Crippen LogP contribution < -0.4 is 0 Å². The molecule has 2 atom stereocenters. The molecule has 1 fully saturated rings. The highest BCUT2D eigenvalue weighted by Crippen LogP contribution is 2.18. The first-order valence-electron chi connectivity index (χ1n) is 4.96. The van der Waals surface area contributed by atoms with Gasteiger partial charge in [-0.2, -0.15) is 0 Å². The van der Waals surface area contributed by atoms with Gasteiger partial charge >= 0.3 is 0 Å². The Morgan fingerprint density at radius 1 is 1.57 bits per heavy atom. The second-order valence-corrected chi connectivity index (χ2v) is 6.15. The molecule has 0 spiro atoms. The lowest BCUT2D eigenvalue weighted by molar-refractivity contribution is -0.00539. The Labute approximate surface area is 85.2 Å². The Balaban J connectivity index is 2.17. The second-order valence-electron chi connectivity index (χ2n) is 3.89. The third-order valence-electron chi connectivity index (χ3n) is 2.41. The molecule has 4 nitrogen and oxygen atoms in total. The maximum absolute atomic E-state index is 10.8. The van der Waals surface area contributed by atoms with Crippen LogP contribution >= 0.6 is 0 Å². The van der Waals surface area contributed by atoms with E-state index < -0.39 is 15.9 Å². The van der Waals surface area contributed by atoms with Crippen molar-refractivity contribution < 1.29 is 18.3 Å². The Kier molecular flexibility index (Phi) is 4.34. The predicted octanol–water partition coefficient (Wildman–Crippen LogP) is 0.351. The van der Waals surface area contributed by atoms with Gasteiger partial charge in [-0.3, -0.25) is 0 Å². The van der Waals surface area contributed by atoms with Crippen molar-refractivity contribution >= 4 is 9.84 Å². The van der Waals surface area contributed by atoms with Crippen molar-refractivity contribution in [3.63, 3.8) is 0 Å². The van der Waals surface area contributed by atoms with Gasteiger partial charge in [0.15, 0.2) is 0 Å². The maximum atomic E-state index is 10.8. The fourth-order valence-corrected chi connectivity index (χ4v) is 2.34. The summed E-state index contributed by atoms with van der Waals surface area (Å²) in [5, 5.41) is 9.63. The minimum Gasteiger partial charge on any atom is -0.390 e. The molecule has 14 heavy (non-hydrogen) atoms. The van der Waals surface area contributed by atoms with Gasteiger partial charge in [0.05, 0.1) is 12.2 Å². The molecule has 1 aliphatic rings. The summed E-state index contributed by atoms with van der Waals surface area (Å²) in [7, 11) is -2.90. The molecule has 1 heterocycles. The lowest BCUT2D eigenvalue weighted by Gasteiger charge is -2.16. The van der Waals surface area contributed by atoms with Crippen LogP contribution in [-0.4, -0.2) is 44.3 Å². The van der Waals surface area contributed by atoms with Gasteiger partial charge in [-0.05, 0) is 25.7 Å². The van der Waals surface area contributed by atoms with Gasteiger partial charge < -0.3 is 9.84 Å². The van der Waals surface area contributed by atoms with Gasteiger partial charge in [-0.15, -0.1) is 0 Å². The monoisotopic (exact) mass is 222 g/mol. The summed E-state index contributed by atoms with van der Waals surface area (Å²) in [6.45, 7) is 0.716. The smallest absolute Gasteiger partial charge is 0.147 e. The van der Waals surface area contributed by atoms with Gasteiger partial charge in [-0.1, -0.05) is 0 Å². The average Bonchev–Trinajstić information content (AvgIpc) is 2.53. The van der Waals surface area contributed by atoms with Crippen LogP contribution in [0.4, 0.5) is 0 Å². The second kappa shape index (κ2) is 5.09. The van der Waals surface area contributed by atoms with Crippen LogP contribution in [0.25, 0.3) is 0 Å². The molecule has 0 aromatic rings. The molecule has 0 saturated carbocycles. The van der Waals surface area contributed by atoms with E-state index in [1.54, 1.807) is 0 Å². The number of aliphatic hydroxyl groups is 1. The van der Waals surface area contributed by atoms with E-state index in [0.29, 0.717) is 19.4 Å². The third-order valence-corrected chi connectivity index (χ3v) is 3.44. The van der Waals surface area contributed by atoms with E-state index in [4.69, 9.17) is 4.74 Å². The molecule has 0 amide bonds. The van der Waals surface area contributed by atoms with Crippen LogP contribution in [0.2, 0.25) is 0 Å². The largest absolute Gasteiger partial charge is 0.390 e. The van der Waals surface area contributed by atoms with Gasteiger partial charge in [0, 0.05) is 18.6 Å². The van der Waals surface area contributed by atoms with Crippen molar-refractivity contribution in [2.75, 3.05) is 18.6 Å². The first kappa shape index (κ1) is 11.9. The van der Waals surface area contributed by atoms with Gasteiger partial charge in [0.25, 0.3) is 0 Å². The highest BCUT2D eigenvalue weighted by molar-refractivity contribution is 7.90. The number of aliphatic hydroxyl groups excluding tert-OH is 1. The zero-order chi connectivity index (χ0) is 10.6. The van der Waals surface area contributed by atoms with Crippen molar-refractivity contribution in [2.45, 2.75) is 37.9 Å². The maximum Gasteiger partial charge on any atom is 0.147 e. The summed E-state index contributed by atoms with van der Waals surface area (Å²) in [6.07, 6.45) is 3.55. The standard InChI is InChI=1S/C9H18O4S/c1-14(11,12)7-3-4-8(10)9-5-2-6-13-9/h8-10H,2-7H2,1H3. The normalized spacial score (nSPS) is 25.1. The molecule has 2 unspecified atom stereocenters. The first-order valence-corrected chi connectivity index (χ1v) is 7.02. The number of hydrogen-bond donors (Lipinski definition) is 1.